The molecule has 138 valence electrons. The molecular formula is C19H24N4O2S. The minimum atomic E-state index is 0.0473. The van der Waals surface area contributed by atoms with Gasteiger partial charge in [-0.3, -0.25) is 14.5 Å². The maximum atomic E-state index is 12.3. The Labute approximate surface area is 158 Å². The van der Waals surface area contributed by atoms with Crippen molar-refractivity contribution < 1.29 is 9.53 Å². The second kappa shape index (κ2) is 7.32. The first-order chi connectivity index (χ1) is 12.6. The first-order valence-electron chi connectivity index (χ1n) is 9.24. The van der Waals surface area contributed by atoms with Crippen molar-refractivity contribution in [2.45, 2.75) is 51.4 Å². The Morgan fingerprint density at radius 3 is 3.08 bits per heavy atom. The molecule has 0 unspecified atom stereocenters. The Morgan fingerprint density at radius 1 is 1.46 bits per heavy atom. The molecule has 0 spiro atoms. The predicted octanol–water partition coefficient (Wildman–Crippen LogP) is 2.99. The molecule has 3 heterocycles. The third kappa shape index (κ3) is 3.59. The number of hydrogen-bond acceptors (Lipinski definition) is 4. The molecule has 2 aliphatic heterocycles. The zero-order valence-corrected chi connectivity index (χ0v) is 15.7. The van der Waals surface area contributed by atoms with E-state index < -0.39 is 0 Å². The van der Waals surface area contributed by atoms with Crippen LogP contribution in [0, 0.1) is 17.6 Å². The molecule has 2 fully saturated rings. The van der Waals surface area contributed by atoms with Crippen molar-refractivity contribution in [3.8, 4) is 11.4 Å². The van der Waals surface area contributed by atoms with E-state index in [0.29, 0.717) is 42.4 Å². The van der Waals surface area contributed by atoms with Crippen LogP contribution in [-0.4, -0.2) is 39.4 Å². The topological polar surface area (TPSA) is 71.9 Å². The normalized spacial score (nSPS) is 24.1. The van der Waals surface area contributed by atoms with Crippen molar-refractivity contribution in [3.05, 3.63) is 34.6 Å². The monoisotopic (exact) mass is 372 g/mol. The molecule has 26 heavy (non-hydrogen) atoms. The third-order valence-electron chi connectivity index (χ3n) is 5.39. The van der Waals surface area contributed by atoms with Crippen LogP contribution in [-0.2, 0) is 16.1 Å². The van der Waals surface area contributed by atoms with Crippen LogP contribution in [0.2, 0.25) is 0 Å². The van der Waals surface area contributed by atoms with Gasteiger partial charge in [0, 0.05) is 31.0 Å². The number of nitrogens with zero attached hydrogens (tertiary/aromatic N) is 2. The number of ether oxygens (including phenoxy) is 1. The van der Waals surface area contributed by atoms with Gasteiger partial charge in [-0.1, -0.05) is 23.8 Å². The zero-order chi connectivity index (χ0) is 18.1. The molecule has 6 nitrogen and oxygen atoms in total. The number of aromatic nitrogens is 3. The smallest absolute Gasteiger partial charge is 0.221 e. The maximum absolute atomic E-state index is 12.3. The molecule has 2 aliphatic rings. The summed E-state index contributed by atoms with van der Waals surface area (Å²) in [6, 6.07) is 8.11. The summed E-state index contributed by atoms with van der Waals surface area (Å²) in [6.45, 7) is 3.27. The van der Waals surface area contributed by atoms with Gasteiger partial charge in [0.05, 0.1) is 12.2 Å². The van der Waals surface area contributed by atoms with Crippen molar-refractivity contribution in [1.82, 2.24) is 20.1 Å². The van der Waals surface area contributed by atoms with Gasteiger partial charge in [0.15, 0.2) is 10.6 Å². The first-order valence-corrected chi connectivity index (χ1v) is 9.65. The van der Waals surface area contributed by atoms with Crippen LogP contribution in [0.1, 0.15) is 31.2 Å². The second-order valence-corrected chi connectivity index (χ2v) is 7.68. The van der Waals surface area contributed by atoms with Gasteiger partial charge in [-0.25, -0.2) is 0 Å². The fourth-order valence-electron chi connectivity index (χ4n) is 4.03. The summed E-state index contributed by atoms with van der Waals surface area (Å²) in [7, 11) is 0. The standard InChI is InChI=1S/C19H24N4O2S/c1-12-3-2-4-13(9-12)18-21-22-19(26)23(18)8-7-17(24)20-11-14-10-15-5-6-16(14)25-15/h2-4,9,14-16H,5-8,10-11H2,1H3,(H,20,24)(H,22,26)/t14-,15-,16-/m1/s1. The Morgan fingerprint density at radius 2 is 2.35 bits per heavy atom. The van der Waals surface area contributed by atoms with Gasteiger partial charge in [-0.05, 0) is 44.5 Å². The fourth-order valence-corrected chi connectivity index (χ4v) is 4.26. The Balaban J connectivity index is 1.35. The van der Waals surface area contributed by atoms with Crippen molar-refractivity contribution in [2.24, 2.45) is 5.92 Å². The van der Waals surface area contributed by atoms with Gasteiger partial charge in [-0.2, -0.15) is 5.10 Å². The largest absolute Gasteiger partial charge is 0.375 e. The summed E-state index contributed by atoms with van der Waals surface area (Å²) in [5, 5.41) is 10.2. The number of nitrogens with one attached hydrogen (secondary N) is 2. The highest BCUT2D eigenvalue weighted by Crippen LogP contribution is 2.38. The molecule has 1 aromatic heterocycles. The summed E-state index contributed by atoms with van der Waals surface area (Å²) in [5.74, 6) is 1.29. The highest BCUT2D eigenvalue weighted by atomic mass is 32.1. The van der Waals surface area contributed by atoms with Crippen molar-refractivity contribution >= 4 is 18.1 Å². The summed E-state index contributed by atoms with van der Waals surface area (Å²) in [4.78, 5) is 12.3. The molecular weight excluding hydrogens is 348 g/mol. The van der Waals surface area contributed by atoms with E-state index in [0.717, 1.165) is 29.8 Å². The zero-order valence-electron chi connectivity index (χ0n) is 14.9. The maximum Gasteiger partial charge on any atom is 0.221 e. The Bertz CT molecular complexity index is 859. The molecule has 0 saturated carbocycles. The Hall–Kier alpha value is -1.99. The molecule has 7 heteroatoms. The molecule has 3 atom stereocenters. The molecule has 2 aromatic rings. The average Bonchev–Trinajstić information content (AvgIpc) is 3.34. The predicted molar refractivity (Wildman–Crippen MR) is 101 cm³/mol. The molecule has 2 bridgehead atoms. The Kier molecular flexibility index (Phi) is 4.91. The lowest BCUT2D eigenvalue weighted by Crippen LogP contribution is -2.33. The van der Waals surface area contributed by atoms with Crippen molar-refractivity contribution in [2.75, 3.05) is 6.54 Å². The number of rotatable bonds is 6. The van der Waals surface area contributed by atoms with E-state index in [4.69, 9.17) is 17.0 Å². The van der Waals surface area contributed by atoms with E-state index >= 15 is 0 Å². The summed E-state index contributed by atoms with van der Waals surface area (Å²) < 4.78 is 8.28. The van der Waals surface area contributed by atoms with Crippen LogP contribution >= 0.6 is 12.2 Å². The number of aryl methyl sites for hydroxylation is 1. The molecule has 0 radical (unpaired) electrons. The van der Waals surface area contributed by atoms with Gasteiger partial charge in [0.2, 0.25) is 5.91 Å². The van der Waals surface area contributed by atoms with Crippen LogP contribution in [0.5, 0.6) is 0 Å². The number of fused-ring (bicyclic) bond motifs is 2. The molecule has 0 aliphatic carbocycles. The number of carbonyl (C=O) groups excluding carboxylic acids is 1. The van der Waals surface area contributed by atoms with E-state index in [1.807, 2.05) is 29.7 Å². The summed E-state index contributed by atoms with van der Waals surface area (Å²) in [6.07, 6.45) is 4.53. The van der Waals surface area contributed by atoms with E-state index in [1.165, 1.54) is 6.42 Å². The lowest BCUT2D eigenvalue weighted by atomic mass is 9.89. The van der Waals surface area contributed by atoms with Gasteiger partial charge in [0.25, 0.3) is 0 Å². The number of hydrogen-bond donors (Lipinski definition) is 2. The number of amides is 1. The lowest BCUT2D eigenvalue weighted by molar-refractivity contribution is -0.121. The first kappa shape index (κ1) is 17.4. The molecule has 2 N–H and O–H groups in total. The van der Waals surface area contributed by atoms with E-state index in [-0.39, 0.29) is 5.91 Å². The second-order valence-electron chi connectivity index (χ2n) is 7.30. The molecule has 1 aromatic carbocycles. The number of carbonyl (C=O) groups is 1. The van der Waals surface area contributed by atoms with Crippen LogP contribution in [0.4, 0.5) is 0 Å². The van der Waals surface area contributed by atoms with Gasteiger partial charge in [0.1, 0.15) is 0 Å². The lowest BCUT2D eigenvalue weighted by Gasteiger charge is -2.18. The van der Waals surface area contributed by atoms with Crippen molar-refractivity contribution in [3.63, 3.8) is 0 Å². The van der Waals surface area contributed by atoms with E-state index in [9.17, 15) is 4.79 Å². The molecule has 1 amide bonds. The van der Waals surface area contributed by atoms with E-state index in [1.54, 1.807) is 0 Å². The summed E-state index contributed by atoms with van der Waals surface area (Å²) in [5.41, 5.74) is 2.16. The fraction of sp³-hybridized carbons (Fsp3) is 0.526. The van der Waals surface area contributed by atoms with Gasteiger partial charge in [-0.15, -0.1) is 0 Å². The average molecular weight is 372 g/mol. The summed E-state index contributed by atoms with van der Waals surface area (Å²) >= 11 is 5.34. The molecule has 2 saturated heterocycles. The van der Waals surface area contributed by atoms with E-state index in [2.05, 4.69) is 21.6 Å². The minimum absolute atomic E-state index is 0.0473. The van der Waals surface area contributed by atoms with Gasteiger partial charge < -0.3 is 10.1 Å². The molecule has 4 rings (SSSR count). The van der Waals surface area contributed by atoms with Crippen LogP contribution in [0.3, 0.4) is 0 Å². The van der Waals surface area contributed by atoms with Crippen LogP contribution < -0.4 is 5.32 Å². The SMILES string of the molecule is Cc1cccc(-c2n[nH]c(=S)n2CCC(=O)NC[C@H]2C[C@H]3CC[C@H]2O3)c1. The number of aromatic amines is 1. The minimum Gasteiger partial charge on any atom is -0.375 e. The number of H-pyrrole nitrogens is 1. The third-order valence-corrected chi connectivity index (χ3v) is 5.70. The highest BCUT2D eigenvalue weighted by molar-refractivity contribution is 7.71. The van der Waals surface area contributed by atoms with Crippen LogP contribution in [0.25, 0.3) is 11.4 Å². The van der Waals surface area contributed by atoms with Gasteiger partial charge >= 0.3 is 0 Å². The number of benzene rings is 1. The van der Waals surface area contributed by atoms with Crippen molar-refractivity contribution in [1.29, 1.82) is 0 Å². The quantitative estimate of drug-likeness (QED) is 0.765. The van der Waals surface area contributed by atoms with Crippen LogP contribution in [0.15, 0.2) is 24.3 Å². The highest BCUT2D eigenvalue weighted by Gasteiger charge is 2.40.